The maximum absolute atomic E-state index is 12.9. The molecule has 2 amide bonds. The number of likely N-dealkylation sites (tertiary alicyclic amines) is 1. The van der Waals surface area contributed by atoms with Gasteiger partial charge in [0.1, 0.15) is 11.6 Å². The number of aryl methyl sites for hydroxylation is 2. The minimum atomic E-state index is -0.117. The van der Waals surface area contributed by atoms with E-state index in [4.69, 9.17) is 4.98 Å². The number of urea groups is 1. The zero-order valence-corrected chi connectivity index (χ0v) is 21.9. The Kier molecular flexibility index (Phi) is 6.82. The van der Waals surface area contributed by atoms with Crippen molar-refractivity contribution in [1.29, 1.82) is 0 Å². The number of amides is 2. The second kappa shape index (κ2) is 10.2. The fourth-order valence-corrected chi connectivity index (χ4v) is 5.01. The highest BCUT2D eigenvalue weighted by atomic mass is 79.9. The zero-order chi connectivity index (χ0) is 25.2. The first-order chi connectivity index (χ1) is 17.4. The Morgan fingerprint density at radius 2 is 2.00 bits per heavy atom. The summed E-state index contributed by atoms with van der Waals surface area (Å²) in [5, 5.41) is 20.8. The number of nitrogens with zero attached hydrogens (tertiary/aromatic N) is 4. The standard InChI is InChI=1S/C27H29BrN6O2/c1-17-6-3-4-8-21(17)23-13-25(34-26(32-23)22(28)15-30-34)29-14-19-7-5-11-33(16-19)27(36)31-20-9-10-24(35)18(2)12-20/h3-4,6,8-10,12-13,15,19,29,35H,5,7,11,14,16H2,1-2H3,(H,31,36). The molecule has 36 heavy (non-hydrogen) atoms. The van der Waals surface area contributed by atoms with Crippen molar-refractivity contribution < 1.29 is 9.90 Å². The maximum atomic E-state index is 12.9. The maximum Gasteiger partial charge on any atom is 0.321 e. The lowest BCUT2D eigenvalue weighted by Gasteiger charge is -2.33. The SMILES string of the molecule is Cc1cc(NC(=O)N2CCCC(CNc3cc(-c4ccccc4C)nc4c(Br)cnn34)C2)ccc1O. The summed E-state index contributed by atoms with van der Waals surface area (Å²) in [5.74, 6) is 1.39. The number of hydrogen-bond donors (Lipinski definition) is 3. The molecule has 9 heteroatoms. The van der Waals surface area contributed by atoms with Crippen LogP contribution < -0.4 is 10.6 Å². The first kappa shape index (κ1) is 24.1. The minimum Gasteiger partial charge on any atom is -0.508 e. The molecule has 1 aliphatic rings. The van der Waals surface area contributed by atoms with Crippen molar-refractivity contribution in [3.63, 3.8) is 0 Å². The number of carbonyl (C=O) groups is 1. The van der Waals surface area contributed by atoms with E-state index in [0.717, 1.165) is 57.7 Å². The van der Waals surface area contributed by atoms with Crippen LogP contribution in [0, 0.1) is 19.8 Å². The minimum absolute atomic E-state index is 0.117. The Morgan fingerprint density at radius 3 is 2.81 bits per heavy atom. The number of nitrogens with one attached hydrogen (secondary N) is 2. The van der Waals surface area contributed by atoms with Crippen LogP contribution in [-0.2, 0) is 0 Å². The van der Waals surface area contributed by atoms with Gasteiger partial charge in [-0.1, -0.05) is 24.3 Å². The van der Waals surface area contributed by atoms with Gasteiger partial charge in [0.25, 0.3) is 0 Å². The highest BCUT2D eigenvalue weighted by molar-refractivity contribution is 9.10. The molecule has 8 nitrogen and oxygen atoms in total. The van der Waals surface area contributed by atoms with Gasteiger partial charge in [-0.05, 0) is 77.9 Å². The summed E-state index contributed by atoms with van der Waals surface area (Å²) in [6.07, 6.45) is 3.74. The second-order valence-electron chi connectivity index (χ2n) is 9.34. The van der Waals surface area contributed by atoms with Crippen molar-refractivity contribution in [2.24, 2.45) is 5.92 Å². The van der Waals surface area contributed by atoms with E-state index in [1.807, 2.05) is 34.5 Å². The number of halogens is 1. The fourth-order valence-electron chi connectivity index (χ4n) is 4.66. The van der Waals surface area contributed by atoms with Crippen molar-refractivity contribution >= 4 is 39.1 Å². The number of carbonyl (C=O) groups excluding carboxylic acids is 1. The summed E-state index contributed by atoms with van der Waals surface area (Å²) in [4.78, 5) is 19.6. The van der Waals surface area contributed by atoms with E-state index in [0.29, 0.717) is 24.7 Å². The first-order valence-corrected chi connectivity index (χ1v) is 12.9. The monoisotopic (exact) mass is 548 g/mol. The van der Waals surface area contributed by atoms with Crippen LogP contribution in [0.25, 0.3) is 16.9 Å². The second-order valence-corrected chi connectivity index (χ2v) is 10.2. The molecule has 1 saturated heterocycles. The summed E-state index contributed by atoms with van der Waals surface area (Å²) in [6, 6.07) is 15.2. The van der Waals surface area contributed by atoms with E-state index in [9.17, 15) is 9.90 Å². The first-order valence-electron chi connectivity index (χ1n) is 12.1. The molecule has 0 bridgehead atoms. The van der Waals surface area contributed by atoms with Gasteiger partial charge in [0.05, 0.1) is 16.4 Å². The van der Waals surface area contributed by atoms with E-state index < -0.39 is 0 Å². The van der Waals surface area contributed by atoms with Gasteiger partial charge in [-0.15, -0.1) is 0 Å². The topological polar surface area (TPSA) is 94.8 Å². The lowest BCUT2D eigenvalue weighted by molar-refractivity contribution is 0.180. The van der Waals surface area contributed by atoms with Crippen molar-refractivity contribution in [3.8, 4) is 17.0 Å². The summed E-state index contributed by atoms with van der Waals surface area (Å²) >= 11 is 3.57. The number of aromatic nitrogens is 3. The molecule has 0 saturated carbocycles. The molecular weight excluding hydrogens is 520 g/mol. The van der Waals surface area contributed by atoms with Crippen LogP contribution in [0.4, 0.5) is 16.3 Å². The predicted molar refractivity (Wildman–Crippen MR) is 146 cm³/mol. The molecule has 1 fully saturated rings. The Morgan fingerprint density at radius 1 is 1.17 bits per heavy atom. The van der Waals surface area contributed by atoms with Gasteiger partial charge in [0.2, 0.25) is 0 Å². The molecule has 186 valence electrons. The molecule has 1 aliphatic heterocycles. The van der Waals surface area contributed by atoms with Gasteiger partial charge >= 0.3 is 6.03 Å². The number of anilines is 2. The Balaban J connectivity index is 1.30. The van der Waals surface area contributed by atoms with Crippen LogP contribution in [-0.4, -0.2) is 50.3 Å². The molecule has 0 spiro atoms. The van der Waals surface area contributed by atoms with Crippen molar-refractivity contribution in [2.75, 3.05) is 30.3 Å². The number of benzene rings is 2. The van der Waals surface area contributed by atoms with Gasteiger partial charge < -0.3 is 20.6 Å². The third-order valence-corrected chi connectivity index (χ3v) is 7.24. The van der Waals surface area contributed by atoms with E-state index in [1.54, 1.807) is 24.4 Å². The highest BCUT2D eigenvalue weighted by Crippen LogP contribution is 2.28. The molecule has 2 aromatic heterocycles. The van der Waals surface area contributed by atoms with Crippen LogP contribution in [0.1, 0.15) is 24.0 Å². The lowest BCUT2D eigenvalue weighted by Crippen LogP contribution is -2.44. The Labute approximate surface area is 218 Å². The average molecular weight is 549 g/mol. The Hall–Kier alpha value is -3.59. The number of rotatable bonds is 5. The normalized spacial score (nSPS) is 15.8. The molecule has 5 rings (SSSR count). The highest BCUT2D eigenvalue weighted by Gasteiger charge is 2.24. The number of aromatic hydroxyl groups is 1. The molecule has 3 N–H and O–H groups in total. The summed E-state index contributed by atoms with van der Waals surface area (Å²) < 4.78 is 2.65. The summed E-state index contributed by atoms with van der Waals surface area (Å²) in [5.41, 5.74) is 5.30. The molecule has 2 aromatic carbocycles. The summed E-state index contributed by atoms with van der Waals surface area (Å²) in [7, 11) is 0. The van der Waals surface area contributed by atoms with Gasteiger partial charge in [0, 0.05) is 37.0 Å². The molecule has 4 aromatic rings. The zero-order valence-electron chi connectivity index (χ0n) is 20.3. The van der Waals surface area contributed by atoms with E-state index in [-0.39, 0.29) is 11.8 Å². The number of fused-ring (bicyclic) bond motifs is 1. The predicted octanol–water partition coefficient (Wildman–Crippen LogP) is 5.84. The largest absolute Gasteiger partial charge is 0.508 e. The van der Waals surface area contributed by atoms with Gasteiger partial charge in [-0.2, -0.15) is 9.61 Å². The van der Waals surface area contributed by atoms with Gasteiger partial charge in [0.15, 0.2) is 5.65 Å². The van der Waals surface area contributed by atoms with Crippen LogP contribution in [0.15, 0.2) is 59.2 Å². The van der Waals surface area contributed by atoms with Crippen molar-refractivity contribution in [3.05, 3.63) is 70.3 Å². The number of phenols is 1. The van der Waals surface area contributed by atoms with Crippen molar-refractivity contribution in [2.45, 2.75) is 26.7 Å². The molecule has 3 heterocycles. The van der Waals surface area contributed by atoms with E-state index in [2.05, 4.69) is 50.7 Å². The molecule has 1 unspecified atom stereocenters. The van der Waals surface area contributed by atoms with Crippen molar-refractivity contribution in [1.82, 2.24) is 19.5 Å². The van der Waals surface area contributed by atoms with Crippen LogP contribution in [0.5, 0.6) is 5.75 Å². The molecule has 0 radical (unpaired) electrons. The number of hydrogen-bond acceptors (Lipinski definition) is 5. The molecule has 1 atom stereocenters. The number of piperidine rings is 1. The molecular formula is C27H29BrN6O2. The fraction of sp³-hybridized carbons (Fsp3) is 0.296. The van der Waals surface area contributed by atoms with Gasteiger partial charge in [-0.25, -0.2) is 9.78 Å². The average Bonchev–Trinajstić information content (AvgIpc) is 3.26. The van der Waals surface area contributed by atoms with Gasteiger partial charge in [-0.3, -0.25) is 0 Å². The lowest BCUT2D eigenvalue weighted by atomic mass is 9.98. The van der Waals surface area contributed by atoms with Crippen LogP contribution in [0.3, 0.4) is 0 Å². The van der Waals surface area contributed by atoms with E-state index in [1.165, 1.54) is 0 Å². The number of phenolic OH excluding ortho intramolecular Hbond substituents is 1. The Bertz CT molecular complexity index is 1420. The smallest absolute Gasteiger partial charge is 0.321 e. The third kappa shape index (κ3) is 5.02. The van der Waals surface area contributed by atoms with Crippen LogP contribution in [0.2, 0.25) is 0 Å². The van der Waals surface area contributed by atoms with Crippen LogP contribution >= 0.6 is 15.9 Å². The van der Waals surface area contributed by atoms with E-state index >= 15 is 0 Å². The quantitative estimate of drug-likeness (QED) is 0.272. The summed E-state index contributed by atoms with van der Waals surface area (Å²) in [6.45, 7) is 6.00. The third-order valence-electron chi connectivity index (χ3n) is 6.68. The molecule has 0 aliphatic carbocycles.